The number of rotatable bonds is 6. The molecule has 0 saturated heterocycles. The predicted octanol–water partition coefficient (Wildman–Crippen LogP) is 3.63. The highest BCUT2D eigenvalue weighted by atomic mass is 32.1. The molecule has 120 valence electrons. The largest absolute Gasteiger partial charge is 0.337 e. The molecular formula is C18H21N3OS. The second kappa shape index (κ2) is 5.96. The van der Waals surface area contributed by atoms with Crippen LogP contribution in [0.15, 0.2) is 41.9 Å². The fourth-order valence-electron chi connectivity index (χ4n) is 3.15. The molecule has 2 aliphatic carbocycles. The maximum absolute atomic E-state index is 12.3. The highest BCUT2D eigenvalue weighted by Crippen LogP contribution is 2.47. The lowest BCUT2D eigenvalue weighted by molar-refractivity contribution is 0.234. The number of hydrogen-bond acceptors (Lipinski definition) is 3. The topological polar surface area (TPSA) is 54.0 Å². The lowest BCUT2D eigenvalue weighted by Gasteiger charge is -2.20. The summed E-state index contributed by atoms with van der Waals surface area (Å²) in [5.41, 5.74) is 1.48. The van der Waals surface area contributed by atoms with Crippen molar-refractivity contribution in [3.05, 3.63) is 52.5 Å². The van der Waals surface area contributed by atoms with Crippen molar-refractivity contribution in [2.24, 2.45) is 5.92 Å². The minimum Gasteiger partial charge on any atom is -0.337 e. The Labute approximate surface area is 140 Å². The van der Waals surface area contributed by atoms with Crippen LogP contribution in [0.3, 0.4) is 0 Å². The molecule has 2 N–H and O–H groups in total. The van der Waals surface area contributed by atoms with Crippen LogP contribution in [-0.4, -0.2) is 17.6 Å². The predicted molar refractivity (Wildman–Crippen MR) is 91.5 cm³/mol. The number of thiazole rings is 1. The standard InChI is InChI=1S/C18H21N3OS/c22-17(21-15(13-6-7-13)16-19-10-11-23-16)20-12-18(8-9-18)14-4-2-1-3-5-14/h1-5,10-11,13,15H,6-9,12H2,(H2,20,21,22)/t15-/m0/s1. The minimum absolute atomic E-state index is 0.0701. The van der Waals surface area contributed by atoms with Gasteiger partial charge in [0.15, 0.2) is 0 Å². The molecule has 2 amide bonds. The van der Waals surface area contributed by atoms with E-state index < -0.39 is 0 Å². The number of urea groups is 1. The van der Waals surface area contributed by atoms with Gasteiger partial charge in [0, 0.05) is 23.5 Å². The van der Waals surface area contributed by atoms with Gasteiger partial charge in [-0.3, -0.25) is 0 Å². The van der Waals surface area contributed by atoms with Crippen molar-refractivity contribution in [1.29, 1.82) is 0 Å². The molecule has 2 fully saturated rings. The molecular weight excluding hydrogens is 306 g/mol. The number of nitrogens with zero attached hydrogens (tertiary/aromatic N) is 1. The van der Waals surface area contributed by atoms with Crippen LogP contribution in [0, 0.1) is 5.92 Å². The van der Waals surface area contributed by atoms with Crippen LogP contribution >= 0.6 is 11.3 Å². The first-order valence-electron chi connectivity index (χ1n) is 8.26. The van der Waals surface area contributed by atoms with Crippen molar-refractivity contribution in [2.45, 2.75) is 37.1 Å². The van der Waals surface area contributed by atoms with Gasteiger partial charge in [0.2, 0.25) is 0 Å². The normalized spacial score (nSPS) is 19.8. The first kappa shape index (κ1) is 14.7. The summed E-state index contributed by atoms with van der Waals surface area (Å²) in [5.74, 6) is 0.552. The summed E-state index contributed by atoms with van der Waals surface area (Å²) in [6.07, 6.45) is 6.46. The van der Waals surface area contributed by atoms with Gasteiger partial charge in [0.05, 0.1) is 6.04 Å². The Morgan fingerprint density at radius 2 is 2.09 bits per heavy atom. The molecule has 1 atom stereocenters. The van der Waals surface area contributed by atoms with Gasteiger partial charge in [-0.2, -0.15) is 0 Å². The van der Waals surface area contributed by atoms with E-state index in [4.69, 9.17) is 0 Å². The van der Waals surface area contributed by atoms with Gasteiger partial charge in [-0.1, -0.05) is 30.3 Å². The van der Waals surface area contributed by atoms with Crippen LogP contribution in [0.4, 0.5) is 4.79 Å². The maximum atomic E-state index is 12.3. The van der Waals surface area contributed by atoms with Gasteiger partial charge in [-0.25, -0.2) is 9.78 Å². The van der Waals surface area contributed by atoms with E-state index in [1.807, 2.05) is 17.6 Å². The summed E-state index contributed by atoms with van der Waals surface area (Å²) in [4.78, 5) is 16.7. The molecule has 0 aliphatic heterocycles. The molecule has 0 radical (unpaired) electrons. The van der Waals surface area contributed by atoms with E-state index in [2.05, 4.69) is 39.9 Å². The Morgan fingerprint density at radius 1 is 1.30 bits per heavy atom. The Morgan fingerprint density at radius 3 is 2.70 bits per heavy atom. The van der Waals surface area contributed by atoms with Crippen LogP contribution in [-0.2, 0) is 5.41 Å². The number of hydrogen-bond donors (Lipinski definition) is 2. The molecule has 2 saturated carbocycles. The maximum Gasteiger partial charge on any atom is 0.315 e. The monoisotopic (exact) mass is 327 g/mol. The molecule has 0 unspecified atom stereocenters. The van der Waals surface area contributed by atoms with E-state index in [9.17, 15) is 4.79 Å². The van der Waals surface area contributed by atoms with E-state index in [0.717, 1.165) is 17.8 Å². The second-order valence-electron chi connectivity index (χ2n) is 6.66. The third-order valence-electron chi connectivity index (χ3n) is 4.92. The van der Waals surface area contributed by atoms with Crippen molar-refractivity contribution in [1.82, 2.24) is 15.6 Å². The highest BCUT2D eigenvalue weighted by Gasteiger charge is 2.44. The molecule has 5 heteroatoms. The van der Waals surface area contributed by atoms with Crippen molar-refractivity contribution < 1.29 is 4.79 Å². The zero-order valence-corrected chi connectivity index (χ0v) is 13.8. The summed E-state index contributed by atoms with van der Waals surface area (Å²) in [7, 11) is 0. The average molecular weight is 327 g/mol. The molecule has 4 rings (SSSR count). The van der Waals surface area contributed by atoms with Crippen molar-refractivity contribution in [3.8, 4) is 0 Å². The van der Waals surface area contributed by atoms with Gasteiger partial charge in [-0.05, 0) is 37.2 Å². The van der Waals surface area contributed by atoms with E-state index >= 15 is 0 Å². The Balaban J connectivity index is 1.35. The average Bonchev–Trinajstić information content (AvgIpc) is 3.51. The quantitative estimate of drug-likeness (QED) is 0.851. The number of carbonyl (C=O) groups excluding carboxylic acids is 1. The molecule has 23 heavy (non-hydrogen) atoms. The third kappa shape index (κ3) is 3.24. The zero-order chi connectivity index (χ0) is 15.7. The number of aromatic nitrogens is 1. The van der Waals surface area contributed by atoms with Crippen LogP contribution in [0.5, 0.6) is 0 Å². The fourth-order valence-corrected chi connectivity index (χ4v) is 3.93. The van der Waals surface area contributed by atoms with E-state index in [1.54, 1.807) is 11.3 Å². The van der Waals surface area contributed by atoms with Crippen LogP contribution in [0.1, 0.15) is 42.3 Å². The molecule has 1 aromatic heterocycles. The summed E-state index contributed by atoms with van der Waals surface area (Å²) in [6.45, 7) is 0.706. The highest BCUT2D eigenvalue weighted by molar-refractivity contribution is 7.09. The number of amides is 2. The number of nitrogens with one attached hydrogen (secondary N) is 2. The van der Waals surface area contributed by atoms with E-state index in [1.165, 1.54) is 18.4 Å². The van der Waals surface area contributed by atoms with E-state index in [0.29, 0.717) is 12.5 Å². The van der Waals surface area contributed by atoms with Crippen LogP contribution < -0.4 is 10.6 Å². The van der Waals surface area contributed by atoms with Crippen molar-refractivity contribution in [3.63, 3.8) is 0 Å². The second-order valence-corrected chi connectivity index (χ2v) is 7.58. The zero-order valence-electron chi connectivity index (χ0n) is 13.0. The van der Waals surface area contributed by atoms with Crippen molar-refractivity contribution in [2.75, 3.05) is 6.54 Å². The summed E-state index contributed by atoms with van der Waals surface area (Å²) < 4.78 is 0. The molecule has 0 spiro atoms. The lowest BCUT2D eigenvalue weighted by Crippen LogP contribution is -2.42. The van der Waals surface area contributed by atoms with Crippen LogP contribution in [0.25, 0.3) is 0 Å². The molecule has 1 aromatic carbocycles. The summed E-state index contributed by atoms with van der Waals surface area (Å²) in [5, 5.41) is 9.21. The third-order valence-corrected chi connectivity index (χ3v) is 5.78. The smallest absolute Gasteiger partial charge is 0.315 e. The number of benzene rings is 1. The molecule has 1 heterocycles. The molecule has 4 nitrogen and oxygen atoms in total. The SMILES string of the molecule is O=C(NCC1(c2ccccc2)CC1)N[C@H](c1nccs1)C1CC1. The first-order chi connectivity index (χ1) is 11.3. The van der Waals surface area contributed by atoms with E-state index in [-0.39, 0.29) is 17.5 Å². The van der Waals surface area contributed by atoms with Gasteiger partial charge < -0.3 is 10.6 Å². The summed E-state index contributed by atoms with van der Waals surface area (Å²) >= 11 is 1.62. The lowest BCUT2D eigenvalue weighted by atomic mass is 9.96. The minimum atomic E-state index is -0.0701. The summed E-state index contributed by atoms with van der Waals surface area (Å²) in [6, 6.07) is 10.5. The fraction of sp³-hybridized carbons (Fsp3) is 0.444. The Hall–Kier alpha value is -1.88. The van der Waals surface area contributed by atoms with Gasteiger partial charge in [0.1, 0.15) is 5.01 Å². The Kier molecular flexibility index (Phi) is 3.81. The first-order valence-corrected chi connectivity index (χ1v) is 9.14. The van der Waals surface area contributed by atoms with Crippen molar-refractivity contribution >= 4 is 17.4 Å². The molecule has 2 aromatic rings. The van der Waals surface area contributed by atoms with Gasteiger partial charge >= 0.3 is 6.03 Å². The number of carbonyl (C=O) groups is 1. The van der Waals surface area contributed by atoms with Gasteiger partial charge in [0.25, 0.3) is 0 Å². The molecule has 0 bridgehead atoms. The van der Waals surface area contributed by atoms with Gasteiger partial charge in [-0.15, -0.1) is 11.3 Å². The Bertz CT molecular complexity index is 663. The molecule has 2 aliphatic rings. The van der Waals surface area contributed by atoms with Crippen LogP contribution in [0.2, 0.25) is 0 Å².